The van der Waals surface area contributed by atoms with Crippen molar-refractivity contribution in [3.63, 3.8) is 0 Å². The third-order valence-electron chi connectivity index (χ3n) is 2.49. The van der Waals surface area contributed by atoms with Gasteiger partial charge in [0, 0.05) is 24.4 Å². The summed E-state index contributed by atoms with van der Waals surface area (Å²) in [7, 11) is 1.63. The van der Waals surface area contributed by atoms with Gasteiger partial charge in [0.25, 0.3) is 5.91 Å². The normalized spacial score (nSPS) is 10.2. The molecule has 0 unspecified atom stereocenters. The first-order valence-electron chi connectivity index (χ1n) is 5.61. The zero-order chi connectivity index (χ0) is 14.7. The second kappa shape index (κ2) is 5.83. The Bertz CT molecular complexity index is 664. The van der Waals surface area contributed by atoms with E-state index < -0.39 is 17.5 Å². The predicted molar refractivity (Wildman–Crippen MR) is 73.1 cm³/mol. The molecule has 2 aromatic rings. The number of hydrogen-bond donors (Lipinski definition) is 2. The van der Waals surface area contributed by atoms with Gasteiger partial charge in [0.05, 0.1) is 0 Å². The minimum absolute atomic E-state index is 0.146. The van der Waals surface area contributed by atoms with Crippen molar-refractivity contribution in [3.05, 3.63) is 52.7 Å². The third-order valence-corrected chi connectivity index (χ3v) is 2.68. The second-order valence-corrected chi connectivity index (χ2v) is 4.28. The van der Waals surface area contributed by atoms with Crippen LogP contribution in [-0.2, 0) is 0 Å². The van der Waals surface area contributed by atoms with Crippen LogP contribution in [-0.4, -0.2) is 17.9 Å². The summed E-state index contributed by atoms with van der Waals surface area (Å²) < 4.78 is 25.8. The van der Waals surface area contributed by atoms with Crippen LogP contribution in [0.4, 0.5) is 20.3 Å². The van der Waals surface area contributed by atoms with Crippen molar-refractivity contribution >= 4 is 29.0 Å². The van der Waals surface area contributed by atoms with Crippen molar-refractivity contribution < 1.29 is 13.6 Å². The van der Waals surface area contributed by atoms with Crippen molar-refractivity contribution in [2.45, 2.75) is 0 Å². The molecule has 1 aromatic heterocycles. The molecule has 0 radical (unpaired) electrons. The van der Waals surface area contributed by atoms with Crippen LogP contribution in [0, 0.1) is 11.6 Å². The first kappa shape index (κ1) is 14.2. The number of carbonyl (C=O) groups is 1. The fraction of sp³-hybridized carbons (Fsp3) is 0.0769. The van der Waals surface area contributed by atoms with Crippen LogP contribution in [0.25, 0.3) is 0 Å². The van der Waals surface area contributed by atoms with E-state index in [2.05, 4.69) is 15.6 Å². The van der Waals surface area contributed by atoms with E-state index in [1.807, 2.05) is 0 Å². The Morgan fingerprint density at radius 3 is 2.60 bits per heavy atom. The van der Waals surface area contributed by atoms with Crippen molar-refractivity contribution in [1.82, 2.24) is 4.98 Å². The lowest BCUT2D eigenvalue weighted by molar-refractivity contribution is 0.102. The summed E-state index contributed by atoms with van der Waals surface area (Å²) in [6.07, 6.45) is 0. The van der Waals surface area contributed by atoms with Gasteiger partial charge >= 0.3 is 0 Å². The van der Waals surface area contributed by atoms with Crippen molar-refractivity contribution in [2.75, 3.05) is 17.7 Å². The maximum absolute atomic E-state index is 13.0. The van der Waals surface area contributed by atoms with Crippen molar-refractivity contribution in [2.24, 2.45) is 0 Å². The number of benzene rings is 1. The third kappa shape index (κ3) is 3.21. The average molecular weight is 298 g/mol. The van der Waals surface area contributed by atoms with Gasteiger partial charge in [0.15, 0.2) is 11.6 Å². The van der Waals surface area contributed by atoms with Gasteiger partial charge in [-0.3, -0.25) is 4.79 Å². The molecule has 0 spiro atoms. The number of aromatic nitrogens is 1. The van der Waals surface area contributed by atoms with Gasteiger partial charge in [-0.25, -0.2) is 13.8 Å². The number of halogens is 3. The number of nitrogens with zero attached hydrogens (tertiary/aromatic N) is 1. The first-order chi connectivity index (χ1) is 9.49. The lowest BCUT2D eigenvalue weighted by atomic mass is 10.2. The van der Waals surface area contributed by atoms with Crippen LogP contribution < -0.4 is 10.6 Å². The molecule has 1 heterocycles. The maximum Gasteiger partial charge on any atom is 0.255 e. The van der Waals surface area contributed by atoms with Crippen LogP contribution in [0.3, 0.4) is 0 Å². The Labute approximate surface area is 118 Å². The van der Waals surface area contributed by atoms with Crippen LogP contribution >= 0.6 is 11.6 Å². The molecular weight excluding hydrogens is 288 g/mol. The molecule has 0 atom stereocenters. The molecule has 0 saturated carbocycles. The smallest absolute Gasteiger partial charge is 0.255 e. The van der Waals surface area contributed by atoms with Crippen molar-refractivity contribution in [1.29, 1.82) is 0 Å². The van der Waals surface area contributed by atoms with E-state index in [-0.39, 0.29) is 16.4 Å². The molecular formula is C13H10ClF2N3O. The SMILES string of the molecule is CNc1cc(C(=O)Nc2ccc(F)c(F)c2)cc(Cl)n1. The summed E-state index contributed by atoms with van der Waals surface area (Å²) >= 11 is 5.78. The topological polar surface area (TPSA) is 54.0 Å². The van der Waals surface area contributed by atoms with E-state index in [9.17, 15) is 13.6 Å². The van der Waals surface area contributed by atoms with Crippen LogP contribution in [0.1, 0.15) is 10.4 Å². The monoisotopic (exact) mass is 297 g/mol. The summed E-state index contributed by atoms with van der Waals surface area (Å²) in [6, 6.07) is 5.95. The highest BCUT2D eigenvalue weighted by molar-refractivity contribution is 6.30. The molecule has 20 heavy (non-hydrogen) atoms. The predicted octanol–water partition coefficient (Wildman–Crippen LogP) is 3.31. The summed E-state index contributed by atoms with van der Waals surface area (Å²) in [5, 5.41) is 5.35. The lowest BCUT2D eigenvalue weighted by Gasteiger charge is -2.07. The minimum atomic E-state index is -1.04. The van der Waals surface area contributed by atoms with Gasteiger partial charge in [-0.2, -0.15) is 0 Å². The maximum atomic E-state index is 13.0. The molecule has 7 heteroatoms. The van der Waals surface area contributed by atoms with E-state index in [0.29, 0.717) is 5.82 Å². The number of hydrogen-bond acceptors (Lipinski definition) is 3. The zero-order valence-electron chi connectivity index (χ0n) is 10.4. The Morgan fingerprint density at radius 2 is 1.95 bits per heavy atom. The molecule has 1 aromatic carbocycles. The highest BCUT2D eigenvalue weighted by Crippen LogP contribution is 2.17. The van der Waals surface area contributed by atoms with E-state index in [0.717, 1.165) is 12.1 Å². The molecule has 104 valence electrons. The molecule has 2 rings (SSSR count). The van der Waals surface area contributed by atoms with Crippen LogP contribution in [0.2, 0.25) is 5.15 Å². The van der Waals surface area contributed by atoms with Gasteiger partial charge in [-0.15, -0.1) is 0 Å². The molecule has 0 aliphatic heterocycles. The number of amides is 1. The minimum Gasteiger partial charge on any atom is -0.373 e. The first-order valence-corrected chi connectivity index (χ1v) is 5.99. The summed E-state index contributed by atoms with van der Waals surface area (Å²) in [6.45, 7) is 0. The highest BCUT2D eigenvalue weighted by atomic mass is 35.5. The number of anilines is 2. The Balaban J connectivity index is 2.23. The van der Waals surface area contributed by atoms with E-state index in [1.165, 1.54) is 18.2 Å². The van der Waals surface area contributed by atoms with E-state index >= 15 is 0 Å². The zero-order valence-corrected chi connectivity index (χ0v) is 11.1. The Morgan fingerprint density at radius 1 is 1.20 bits per heavy atom. The summed E-state index contributed by atoms with van der Waals surface area (Å²) in [4.78, 5) is 15.9. The van der Waals surface area contributed by atoms with Gasteiger partial charge < -0.3 is 10.6 Å². The molecule has 0 aliphatic rings. The molecule has 4 nitrogen and oxygen atoms in total. The highest BCUT2D eigenvalue weighted by Gasteiger charge is 2.11. The summed E-state index contributed by atoms with van der Waals surface area (Å²) in [5.41, 5.74) is 0.395. The van der Waals surface area contributed by atoms with Gasteiger partial charge in [0.1, 0.15) is 11.0 Å². The van der Waals surface area contributed by atoms with Gasteiger partial charge in [0.2, 0.25) is 0 Å². The van der Waals surface area contributed by atoms with Gasteiger partial charge in [-0.1, -0.05) is 11.6 Å². The van der Waals surface area contributed by atoms with Gasteiger partial charge in [-0.05, 0) is 24.3 Å². The Kier molecular flexibility index (Phi) is 4.14. The van der Waals surface area contributed by atoms with Crippen molar-refractivity contribution in [3.8, 4) is 0 Å². The van der Waals surface area contributed by atoms with Crippen LogP contribution in [0.5, 0.6) is 0 Å². The number of carbonyl (C=O) groups excluding carboxylic acids is 1. The quantitative estimate of drug-likeness (QED) is 0.855. The standard InChI is InChI=1S/C13H10ClF2N3O/c1-17-12-5-7(4-11(14)19-12)13(20)18-8-2-3-9(15)10(16)6-8/h2-6H,1H3,(H,17,19)(H,18,20). The molecule has 2 N–H and O–H groups in total. The fourth-order valence-electron chi connectivity index (χ4n) is 1.53. The molecule has 0 saturated heterocycles. The molecule has 0 fully saturated rings. The lowest BCUT2D eigenvalue weighted by Crippen LogP contribution is -2.13. The Hall–Kier alpha value is -2.21. The van der Waals surface area contributed by atoms with Crippen LogP contribution in [0.15, 0.2) is 30.3 Å². The molecule has 1 amide bonds. The second-order valence-electron chi connectivity index (χ2n) is 3.90. The van der Waals surface area contributed by atoms with E-state index in [1.54, 1.807) is 7.05 Å². The number of nitrogens with one attached hydrogen (secondary N) is 2. The number of pyridine rings is 1. The van der Waals surface area contributed by atoms with E-state index in [4.69, 9.17) is 11.6 Å². The largest absolute Gasteiger partial charge is 0.373 e. The molecule has 0 aliphatic carbocycles. The fourth-order valence-corrected chi connectivity index (χ4v) is 1.74. The molecule has 0 bridgehead atoms. The average Bonchev–Trinajstić information content (AvgIpc) is 2.42. The number of rotatable bonds is 3. The summed E-state index contributed by atoms with van der Waals surface area (Å²) in [5.74, 6) is -2.09.